The highest BCUT2D eigenvalue weighted by Gasteiger charge is 2.36. The molecule has 4 aromatic rings. The summed E-state index contributed by atoms with van der Waals surface area (Å²) in [6, 6.07) is 26.0. The first-order valence-corrected chi connectivity index (χ1v) is 10.9. The predicted molar refractivity (Wildman–Crippen MR) is 126 cm³/mol. The molecule has 0 spiro atoms. The van der Waals surface area contributed by atoms with Crippen LogP contribution in [-0.4, -0.2) is 21.1 Å². The number of hydrogen-bond donors (Lipinski definition) is 0. The highest BCUT2D eigenvalue weighted by Crippen LogP contribution is 2.47. The Morgan fingerprint density at radius 1 is 0.688 bits per heavy atom. The normalized spacial score (nSPS) is 18.5. The molecule has 0 bridgehead atoms. The average Bonchev–Trinajstić information content (AvgIpc) is 3.23. The van der Waals surface area contributed by atoms with E-state index in [4.69, 9.17) is 31.3 Å². The maximum Gasteiger partial charge on any atom is 0.164 e. The van der Waals surface area contributed by atoms with Crippen LogP contribution in [0.3, 0.4) is 0 Å². The monoisotopic (exact) mass is 435 g/mol. The molecule has 5 heteroatoms. The van der Waals surface area contributed by atoms with Gasteiger partial charge in [-0.1, -0.05) is 90.5 Å². The lowest BCUT2D eigenvalue weighted by Crippen LogP contribution is -2.16. The van der Waals surface area contributed by atoms with Crippen molar-refractivity contribution in [3.63, 3.8) is 0 Å². The molecular weight excluding hydrogens is 418 g/mol. The second-order valence-electron chi connectivity index (χ2n) is 7.77. The van der Waals surface area contributed by atoms with Crippen molar-refractivity contribution >= 4 is 11.6 Å². The van der Waals surface area contributed by atoms with Crippen molar-refractivity contribution in [2.75, 3.05) is 0 Å². The summed E-state index contributed by atoms with van der Waals surface area (Å²) in [4.78, 5) is 14.6. The second-order valence-corrected chi connectivity index (χ2v) is 8.21. The fourth-order valence-corrected chi connectivity index (χ4v) is 4.46. The van der Waals surface area contributed by atoms with Crippen LogP contribution in [-0.2, 0) is 0 Å². The Kier molecular flexibility index (Phi) is 4.58. The van der Waals surface area contributed by atoms with Crippen molar-refractivity contribution in [1.82, 2.24) is 15.0 Å². The summed E-state index contributed by atoms with van der Waals surface area (Å²) < 4.78 is 6.19. The SMILES string of the molecule is ClC1=CC2c3c(cccc3-c3nc(-c4ccccc4)nc(-c4ccccc4)n3)OC2C=C1. The molecule has 1 aliphatic heterocycles. The van der Waals surface area contributed by atoms with Crippen LogP contribution in [0.25, 0.3) is 34.2 Å². The number of benzene rings is 3. The van der Waals surface area contributed by atoms with Gasteiger partial charge in [-0.15, -0.1) is 0 Å². The molecule has 1 aromatic heterocycles. The van der Waals surface area contributed by atoms with Gasteiger partial charge >= 0.3 is 0 Å². The maximum absolute atomic E-state index is 6.34. The van der Waals surface area contributed by atoms with E-state index in [2.05, 4.69) is 0 Å². The molecule has 0 fully saturated rings. The summed E-state index contributed by atoms with van der Waals surface area (Å²) in [6.45, 7) is 0. The second kappa shape index (κ2) is 7.74. The summed E-state index contributed by atoms with van der Waals surface area (Å²) in [6.07, 6.45) is 5.87. The number of aromatic nitrogens is 3. The molecular formula is C27H18ClN3O. The largest absolute Gasteiger partial charge is 0.485 e. The lowest BCUT2D eigenvalue weighted by molar-refractivity contribution is 0.268. The first-order chi connectivity index (χ1) is 15.8. The molecule has 3 aromatic carbocycles. The average molecular weight is 436 g/mol. The highest BCUT2D eigenvalue weighted by molar-refractivity contribution is 6.31. The molecule has 6 rings (SSSR count). The van der Waals surface area contributed by atoms with E-state index in [-0.39, 0.29) is 12.0 Å². The molecule has 2 atom stereocenters. The van der Waals surface area contributed by atoms with Crippen LogP contribution in [0.5, 0.6) is 5.75 Å². The van der Waals surface area contributed by atoms with Gasteiger partial charge in [0.25, 0.3) is 0 Å². The van der Waals surface area contributed by atoms with Crippen molar-refractivity contribution in [2.45, 2.75) is 12.0 Å². The first-order valence-electron chi connectivity index (χ1n) is 10.5. The van der Waals surface area contributed by atoms with Gasteiger partial charge < -0.3 is 4.74 Å². The van der Waals surface area contributed by atoms with Crippen LogP contribution in [0, 0.1) is 0 Å². The van der Waals surface area contributed by atoms with Crippen LogP contribution in [0.2, 0.25) is 0 Å². The number of nitrogens with zero attached hydrogens (tertiary/aromatic N) is 3. The van der Waals surface area contributed by atoms with Crippen LogP contribution < -0.4 is 4.74 Å². The first kappa shape index (κ1) is 19.0. The standard InChI is InChI=1S/C27H18ClN3O/c28-19-14-15-22-21(16-19)24-20(12-7-13-23(24)32-22)27-30-25(17-8-3-1-4-9-17)29-26(31-27)18-10-5-2-6-11-18/h1-16,21-22H. The van der Waals surface area contributed by atoms with Gasteiger partial charge in [0, 0.05) is 33.2 Å². The lowest BCUT2D eigenvalue weighted by Gasteiger charge is -2.17. The zero-order chi connectivity index (χ0) is 21.5. The van der Waals surface area contributed by atoms with Crippen molar-refractivity contribution in [1.29, 1.82) is 0 Å². The molecule has 4 nitrogen and oxygen atoms in total. The van der Waals surface area contributed by atoms with Gasteiger partial charge in [-0.05, 0) is 18.2 Å². The molecule has 1 aliphatic carbocycles. The molecule has 0 radical (unpaired) electrons. The Morgan fingerprint density at radius 3 is 1.97 bits per heavy atom. The van der Waals surface area contributed by atoms with E-state index >= 15 is 0 Å². The Balaban J connectivity index is 1.56. The number of ether oxygens (including phenoxy) is 1. The van der Waals surface area contributed by atoms with Gasteiger partial charge in [-0.2, -0.15) is 0 Å². The summed E-state index contributed by atoms with van der Waals surface area (Å²) in [5.41, 5.74) is 3.88. The quantitative estimate of drug-likeness (QED) is 0.373. The number of rotatable bonds is 3. The Hall–Kier alpha value is -3.76. The predicted octanol–water partition coefficient (Wildman–Crippen LogP) is 6.41. The van der Waals surface area contributed by atoms with E-state index in [1.54, 1.807) is 0 Å². The highest BCUT2D eigenvalue weighted by atomic mass is 35.5. The molecule has 0 N–H and O–H groups in total. The summed E-state index contributed by atoms with van der Waals surface area (Å²) >= 11 is 6.34. The molecule has 0 saturated heterocycles. The van der Waals surface area contributed by atoms with Gasteiger partial charge in [0.1, 0.15) is 11.9 Å². The van der Waals surface area contributed by atoms with Crippen molar-refractivity contribution < 1.29 is 4.74 Å². The van der Waals surface area contributed by atoms with Gasteiger partial charge in [0.2, 0.25) is 0 Å². The maximum atomic E-state index is 6.34. The summed E-state index contributed by atoms with van der Waals surface area (Å²) in [7, 11) is 0. The number of halogens is 1. The fraction of sp³-hybridized carbons (Fsp3) is 0.0741. The molecule has 0 amide bonds. The number of hydrogen-bond acceptors (Lipinski definition) is 4. The van der Waals surface area contributed by atoms with E-state index in [9.17, 15) is 0 Å². The van der Waals surface area contributed by atoms with Crippen LogP contribution in [0.15, 0.2) is 102 Å². The zero-order valence-electron chi connectivity index (χ0n) is 17.0. The minimum absolute atomic E-state index is 0.0239. The third kappa shape index (κ3) is 3.29. The smallest absolute Gasteiger partial charge is 0.164 e. The molecule has 2 heterocycles. The number of allylic oxidation sites excluding steroid dienone is 2. The van der Waals surface area contributed by atoms with Gasteiger partial charge in [0.15, 0.2) is 17.5 Å². The van der Waals surface area contributed by atoms with Crippen molar-refractivity contribution in [3.8, 4) is 39.9 Å². The Labute approximate surface area is 190 Å². The van der Waals surface area contributed by atoms with Gasteiger partial charge in [-0.25, -0.2) is 15.0 Å². The van der Waals surface area contributed by atoms with E-state index in [1.165, 1.54) is 0 Å². The molecule has 154 valence electrons. The Bertz CT molecular complexity index is 1310. The molecule has 2 aliphatic rings. The van der Waals surface area contributed by atoms with Gasteiger partial charge in [-0.3, -0.25) is 0 Å². The van der Waals surface area contributed by atoms with Gasteiger partial charge in [0.05, 0.1) is 0 Å². The summed E-state index contributed by atoms with van der Waals surface area (Å²) in [5.74, 6) is 2.76. The van der Waals surface area contributed by atoms with Crippen LogP contribution >= 0.6 is 11.6 Å². The minimum Gasteiger partial charge on any atom is -0.485 e. The fourth-order valence-electron chi connectivity index (χ4n) is 4.25. The molecule has 0 saturated carbocycles. The third-order valence-electron chi connectivity index (χ3n) is 5.74. The van der Waals surface area contributed by atoms with E-state index < -0.39 is 0 Å². The van der Waals surface area contributed by atoms with E-state index in [1.807, 2.05) is 97.1 Å². The topological polar surface area (TPSA) is 47.9 Å². The Morgan fingerprint density at radius 2 is 1.31 bits per heavy atom. The van der Waals surface area contributed by atoms with Crippen LogP contribution in [0.4, 0.5) is 0 Å². The van der Waals surface area contributed by atoms with Crippen LogP contribution in [0.1, 0.15) is 11.5 Å². The summed E-state index contributed by atoms with van der Waals surface area (Å²) in [5, 5.41) is 0.711. The van der Waals surface area contributed by atoms with Crippen molar-refractivity contribution in [3.05, 3.63) is 108 Å². The molecule has 2 unspecified atom stereocenters. The zero-order valence-corrected chi connectivity index (χ0v) is 17.8. The molecule has 32 heavy (non-hydrogen) atoms. The number of fused-ring (bicyclic) bond motifs is 3. The van der Waals surface area contributed by atoms with E-state index in [0.717, 1.165) is 28.0 Å². The van der Waals surface area contributed by atoms with E-state index in [0.29, 0.717) is 22.5 Å². The lowest BCUT2D eigenvalue weighted by atomic mass is 9.88. The third-order valence-corrected chi connectivity index (χ3v) is 5.99. The van der Waals surface area contributed by atoms with Crippen molar-refractivity contribution in [2.24, 2.45) is 0 Å². The minimum atomic E-state index is -0.0716.